The lowest BCUT2D eigenvalue weighted by atomic mass is 10.1. The fraction of sp³-hybridized carbons (Fsp3) is 0.267. The monoisotopic (exact) mass is 285 g/mol. The van der Waals surface area contributed by atoms with Crippen molar-refractivity contribution in [1.82, 2.24) is 10.6 Å². The van der Waals surface area contributed by atoms with Crippen LogP contribution < -0.4 is 15.5 Å². The summed E-state index contributed by atoms with van der Waals surface area (Å²) >= 11 is 0. The van der Waals surface area contributed by atoms with Crippen LogP contribution in [0.15, 0.2) is 30.0 Å². The van der Waals surface area contributed by atoms with Crippen LogP contribution >= 0.6 is 0 Å². The van der Waals surface area contributed by atoms with Crippen molar-refractivity contribution in [3.8, 4) is 0 Å². The minimum absolute atomic E-state index is 0.247. The minimum atomic E-state index is -0.499. The third kappa shape index (κ3) is 2.94. The lowest BCUT2D eigenvalue weighted by Gasteiger charge is -2.28. The van der Waals surface area contributed by atoms with Crippen LogP contribution in [0.25, 0.3) is 6.08 Å². The topological polar surface area (TPSA) is 78.5 Å². The van der Waals surface area contributed by atoms with Gasteiger partial charge >= 0.3 is 6.03 Å². The number of nitrogens with zero attached hydrogens (tertiary/aromatic N) is 1. The standard InChI is InChI=1S/C15H15N3O3/c19-12-5-7-18(8-6-12)11-3-1-10(2-4-11)9-13-14(20)17-15(21)16-13/h1-4,9H,5-8H2,(H2,16,17,20,21). The number of amides is 3. The Labute approximate surface area is 121 Å². The zero-order valence-corrected chi connectivity index (χ0v) is 11.4. The molecule has 6 nitrogen and oxygen atoms in total. The van der Waals surface area contributed by atoms with Crippen molar-refractivity contribution in [2.24, 2.45) is 0 Å². The van der Waals surface area contributed by atoms with E-state index < -0.39 is 11.9 Å². The van der Waals surface area contributed by atoms with Gasteiger partial charge in [-0.05, 0) is 23.8 Å². The number of carbonyl (C=O) groups excluding carboxylic acids is 3. The van der Waals surface area contributed by atoms with E-state index in [0.717, 1.165) is 24.3 Å². The maximum absolute atomic E-state index is 11.4. The zero-order valence-electron chi connectivity index (χ0n) is 11.4. The summed E-state index contributed by atoms with van der Waals surface area (Å²) in [6, 6.07) is 7.18. The fourth-order valence-electron chi connectivity index (χ4n) is 2.44. The number of piperidine rings is 1. The number of ketones is 1. The van der Waals surface area contributed by atoms with Crippen molar-refractivity contribution in [3.05, 3.63) is 35.5 Å². The molecule has 6 heteroatoms. The maximum Gasteiger partial charge on any atom is 0.326 e. The van der Waals surface area contributed by atoms with Crippen molar-refractivity contribution < 1.29 is 14.4 Å². The molecule has 3 amide bonds. The molecule has 2 N–H and O–H groups in total. The van der Waals surface area contributed by atoms with Gasteiger partial charge < -0.3 is 10.2 Å². The molecule has 1 aromatic carbocycles. The number of benzene rings is 1. The van der Waals surface area contributed by atoms with Gasteiger partial charge in [0.15, 0.2) is 0 Å². The highest BCUT2D eigenvalue weighted by molar-refractivity contribution is 6.13. The SMILES string of the molecule is O=C1CCN(c2ccc(C=C3NC(=O)NC3=O)cc2)CC1. The molecule has 2 heterocycles. The van der Waals surface area contributed by atoms with E-state index >= 15 is 0 Å². The Morgan fingerprint density at radius 3 is 2.19 bits per heavy atom. The Bertz CT molecular complexity index is 624. The first kappa shape index (κ1) is 13.4. The van der Waals surface area contributed by atoms with Crippen molar-refractivity contribution in [2.45, 2.75) is 12.8 Å². The number of imide groups is 1. The lowest BCUT2D eigenvalue weighted by Crippen LogP contribution is -2.33. The molecule has 21 heavy (non-hydrogen) atoms. The molecule has 2 aliphatic heterocycles. The maximum atomic E-state index is 11.4. The van der Waals surface area contributed by atoms with E-state index in [1.165, 1.54) is 0 Å². The van der Waals surface area contributed by atoms with Crippen molar-refractivity contribution in [1.29, 1.82) is 0 Å². The molecule has 0 spiro atoms. The van der Waals surface area contributed by atoms with E-state index in [0.29, 0.717) is 18.6 Å². The Morgan fingerprint density at radius 2 is 1.62 bits per heavy atom. The van der Waals surface area contributed by atoms with E-state index in [2.05, 4.69) is 15.5 Å². The second kappa shape index (κ2) is 5.40. The number of hydrogen-bond donors (Lipinski definition) is 2. The summed E-state index contributed by atoms with van der Waals surface area (Å²) in [5.41, 5.74) is 2.14. The summed E-state index contributed by atoms with van der Waals surface area (Å²) in [7, 11) is 0. The van der Waals surface area contributed by atoms with Crippen molar-refractivity contribution in [2.75, 3.05) is 18.0 Å². The molecule has 0 aromatic heterocycles. The van der Waals surface area contributed by atoms with Crippen LogP contribution in [0.5, 0.6) is 0 Å². The van der Waals surface area contributed by atoms with Crippen LogP contribution in [0, 0.1) is 0 Å². The van der Waals surface area contributed by atoms with E-state index in [4.69, 9.17) is 0 Å². The van der Waals surface area contributed by atoms with Gasteiger partial charge in [-0.25, -0.2) is 4.79 Å². The van der Waals surface area contributed by atoms with Gasteiger partial charge in [-0.1, -0.05) is 12.1 Å². The largest absolute Gasteiger partial charge is 0.371 e. The van der Waals surface area contributed by atoms with Gasteiger partial charge in [0.1, 0.15) is 11.5 Å². The number of hydrogen-bond acceptors (Lipinski definition) is 4. The number of rotatable bonds is 2. The first-order valence-corrected chi connectivity index (χ1v) is 6.82. The van der Waals surface area contributed by atoms with E-state index in [-0.39, 0.29) is 5.70 Å². The Morgan fingerprint density at radius 1 is 0.952 bits per heavy atom. The number of urea groups is 1. The summed E-state index contributed by atoms with van der Waals surface area (Å²) in [6.45, 7) is 1.50. The first-order valence-electron chi connectivity index (χ1n) is 6.82. The summed E-state index contributed by atoms with van der Waals surface area (Å²) in [4.78, 5) is 35.9. The van der Waals surface area contributed by atoms with Crippen LogP contribution in [0.2, 0.25) is 0 Å². The number of nitrogens with one attached hydrogen (secondary N) is 2. The van der Waals surface area contributed by atoms with E-state index in [1.807, 2.05) is 24.3 Å². The predicted molar refractivity (Wildman–Crippen MR) is 77.5 cm³/mol. The third-order valence-corrected chi connectivity index (χ3v) is 3.61. The Balaban J connectivity index is 1.72. The molecule has 2 fully saturated rings. The van der Waals surface area contributed by atoms with Gasteiger partial charge in [0.2, 0.25) is 0 Å². The fourth-order valence-corrected chi connectivity index (χ4v) is 2.44. The predicted octanol–water partition coefficient (Wildman–Crippen LogP) is 1.04. The molecular formula is C15H15N3O3. The average molecular weight is 285 g/mol. The normalized spacial score (nSPS) is 20.7. The highest BCUT2D eigenvalue weighted by atomic mass is 16.2. The zero-order chi connectivity index (χ0) is 14.8. The molecule has 2 aliphatic rings. The second-order valence-electron chi connectivity index (χ2n) is 5.08. The lowest BCUT2D eigenvalue weighted by molar-refractivity contribution is -0.119. The molecule has 0 saturated carbocycles. The van der Waals surface area contributed by atoms with Crippen LogP contribution in [0.4, 0.5) is 10.5 Å². The van der Waals surface area contributed by atoms with E-state index in [1.54, 1.807) is 6.08 Å². The number of anilines is 1. The highest BCUT2D eigenvalue weighted by Crippen LogP contribution is 2.20. The second-order valence-corrected chi connectivity index (χ2v) is 5.08. The molecule has 0 unspecified atom stereocenters. The van der Waals surface area contributed by atoms with Crippen LogP contribution in [-0.2, 0) is 9.59 Å². The molecule has 0 radical (unpaired) electrons. The summed E-state index contributed by atoms with van der Waals surface area (Å²) < 4.78 is 0. The number of Topliss-reactive ketones (excluding diaryl/α,β-unsaturated/α-hetero) is 1. The molecule has 108 valence electrons. The van der Waals surface area contributed by atoms with Crippen molar-refractivity contribution in [3.63, 3.8) is 0 Å². The molecule has 3 rings (SSSR count). The first-order chi connectivity index (χ1) is 10.1. The van der Waals surface area contributed by atoms with Gasteiger partial charge in [-0.3, -0.25) is 14.9 Å². The summed E-state index contributed by atoms with van der Waals surface area (Å²) in [5.74, 6) is -0.103. The Hall–Kier alpha value is -2.63. The molecule has 0 bridgehead atoms. The molecular weight excluding hydrogens is 270 g/mol. The Kier molecular flexibility index (Phi) is 3.43. The van der Waals surface area contributed by atoms with Gasteiger partial charge in [0.25, 0.3) is 5.91 Å². The quantitative estimate of drug-likeness (QED) is 0.628. The van der Waals surface area contributed by atoms with Crippen LogP contribution in [0.1, 0.15) is 18.4 Å². The highest BCUT2D eigenvalue weighted by Gasteiger charge is 2.22. The van der Waals surface area contributed by atoms with Gasteiger partial charge in [0, 0.05) is 31.6 Å². The van der Waals surface area contributed by atoms with Gasteiger partial charge in [-0.15, -0.1) is 0 Å². The van der Waals surface area contributed by atoms with Crippen molar-refractivity contribution >= 4 is 29.5 Å². The minimum Gasteiger partial charge on any atom is -0.371 e. The summed E-state index contributed by atoms with van der Waals surface area (Å²) in [6.07, 6.45) is 2.82. The molecule has 0 atom stereocenters. The van der Waals surface area contributed by atoms with Crippen LogP contribution in [0.3, 0.4) is 0 Å². The van der Waals surface area contributed by atoms with E-state index in [9.17, 15) is 14.4 Å². The average Bonchev–Trinajstić information content (AvgIpc) is 2.79. The van der Waals surface area contributed by atoms with Gasteiger partial charge in [-0.2, -0.15) is 0 Å². The third-order valence-electron chi connectivity index (χ3n) is 3.61. The smallest absolute Gasteiger partial charge is 0.326 e. The molecule has 1 aromatic rings. The molecule has 2 saturated heterocycles. The van der Waals surface area contributed by atoms with Gasteiger partial charge in [0.05, 0.1) is 0 Å². The summed E-state index contributed by atoms with van der Waals surface area (Å²) in [5, 5.41) is 4.61. The molecule has 0 aliphatic carbocycles. The van der Waals surface area contributed by atoms with Crippen LogP contribution in [-0.4, -0.2) is 30.8 Å². The number of carbonyl (C=O) groups is 3.